The molecule has 0 amide bonds. The zero-order valence-electron chi connectivity index (χ0n) is 7.56. The van der Waals surface area contributed by atoms with E-state index in [0.29, 0.717) is 0 Å². The van der Waals surface area contributed by atoms with Crippen molar-refractivity contribution in [3.63, 3.8) is 0 Å². The van der Waals surface area contributed by atoms with E-state index in [0.717, 1.165) is 0 Å². The molecule has 1 aliphatic heterocycles. The average molecular weight is 194 g/mol. The van der Waals surface area contributed by atoms with E-state index in [1.807, 2.05) is 0 Å². The maximum atomic E-state index is 9.58. The summed E-state index contributed by atoms with van der Waals surface area (Å²) in [6.45, 7) is -0.810. The van der Waals surface area contributed by atoms with Crippen LogP contribution in [0.25, 0.3) is 0 Å². The van der Waals surface area contributed by atoms with Crippen LogP contribution >= 0.6 is 0 Å². The summed E-state index contributed by atoms with van der Waals surface area (Å²) in [6, 6.07) is 0. The lowest BCUT2D eigenvalue weighted by Crippen LogP contribution is -2.54. The summed E-state index contributed by atoms with van der Waals surface area (Å²) in [5.41, 5.74) is 0. The maximum absolute atomic E-state index is 9.58. The van der Waals surface area contributed by atoms with E-state index < -0.39 is 24.3 Å². The predicted molar refractivity (Wildman–Crippen MR) is 40.7 cm³/mol. The molecule has 6 nitrogen and oxygen atoms in total. The molecule has 0 aromatic carbocycles. The number of aliphatic hydroxyl groups excluding tert-OH is 2. The van der Waals surface area contributed by atoms with E-state index in [-0.39, 0.29) is 6.61 Å². The lowest BCUT2D eigenvalue weighted by Gasteiger charge is -2.30. The van der Waals surface area contributed by atoms with Crippen LogP contribution in [0.2, 0.25) is 0 Å². The summed E-state index contributed by atoms with van der Waals surface area (Å²) in [7, 11) is 2.50. The number of rotatable bonds is 3. The van der Waals surface area contributed by atoms with Gasteiger partial charge in [0.15, 0.2) is 6.10 Å². The highest BCUT2D eigenvalue weighted by Crippen LogP contribution is 2.34. The Hall–Kier alpha value is -0.240. The first kappa shape index (κ1) is 10.8. The molecular formula is C7H14O6. The first-order valence-electron chi connectivity index (χ1n) is 3.80. The Balaban J connectivity index is 2.84. The number of hydrogen-bond donors (Lipinski definition) is 3. The van der Waals surface area contributed by atoms with Gasteiger partial charge in [0.05, 0.1) is 0 Å². The second-order valence-corrected chi connectivity index (χ2v) is 2.91. The molecule has 0 saturated carbocycles. The average Bonchev–Trinajstić information content (AvgIpc) is 2.43. The van der Waals surface area contributed by atoms with E-state index in [9.17, 15) is 10.2 Å². The van der Waals surface area contributed by atoms with Crippen molar-refractivity contribution >= 4 is 0 Å². The molecule has 1 fully saturated rings. The van der Waals surface area contributed by atoms with Crippen LogP contribution in [0.5, 0.6) is 0 Å². The van der Waals surface area contributed by atoms with E-state index >= 15 is 0 Å². The van der Waals surface area contributed by atoms with Crippen LogP contribution in [0, 0.1) is 0 Å². The van der Waals surface area contributed by atoms with Crippen LogP contribution in [0.1, 0.15) is 0 Å². The summed E-state index contributed by atoms with van der Waals surface area (Å²) in [4.78, 5) is 0. The van der Waals surface area contributed by atoms with Gasteiger partial charge in [-0.3, -0.25) is 0 Å². The molecule has 1 rings (SSSR count). The van der Waals surface area contributed by atoms with Gasteiger partial charge in [0.25, 0.3) is 0 Å². The third kappa shape index (κ3) is 1.45. The smallest absolute Gasteiger partial charge is 0.223 e. The zero-order chi connectivity index (χ0) is 10.1. The van der Waals surface area contributed by atoms with Crippen LogP contribution in [-0.2, 0) is 14.2 Å². The van der Waals surface area contributed by atoms with Crippen molar-refractivity contribution in [2.45, 2.75) is 17.7 Å². The van der Waals surface area contributed by atoms with Crippen molar-refractivity contribution in [2.75, 3.05) is 27.4 Å². The second-order valence-electron chi connectivity index (χ2n) is 2.91. The van der Waals surface area contributed by atoms with Crippen molar-refractivity contribution < 1.29 is 29.5 Å². The highest BCUT2D eigenvalue weighted by atomic mass is 16.8. The van der Waals surface area contributed by atoms with Gasteiger partial charge in [-0.25, -0.2) is 0 Å². The van der Waals surface area contributed by atoms with Crippen LogP contribution in [0.15, 0.2) is 0 Å². The molecule has 1 aliphatic rings. The largest absolute Gasteiger partial charge is 0.391 e. The molecule has 0 aromatic heterocycles. The van der Waals surface area contributed by atoms with Crippen molar-refractivity contribution in [2.24, 2.45) is 0 Å². The summed E-state index contributed by atoms with van der Waals surface area (Å²) in [5.74, 6) is -3.41. The zero-order valence-corrected chi connectivity index (χ0v) is 7.56. The second kappa shape index (κ2) is 3.49. The normalized spacial score (nSPS) is 45.5. The fourth-order valence-corrected chi connectivity index (χ4v) is 1.26. The van der Waals surface area contributed by atoms with E-state index in [4.69, 9.17) is 14.6 Å². The molecule has 3 N–H and O–H groups in total. The number of ether oxygens (including phenoxy) is 3. The van der Waals surface area contributed by atoms with E-state index in [1.165, 1.54) is 14.2 Å². The minimum atomic E-state index is -1.82. The van der Waals surface area contributed by atoms with Crippen molar-refractivity contribution in [1.82, 2.24) is 0 Å². The number of hydrogen-bond acceptors (Lipinski definition) is 6. The van der Waals surface area contributed by atoms with Gasteiger partial charge in [-0.15, -0.1) is 0 Å². The molecule has 0 aromatic rings. The van der Waals surface area contributed by atoms with E-state index in [1.54, 1.807) is 0 Å². The fraction of sp³-hybridized carbons (Fsp3) is 1.00. The number of aliphatic hydroxyl groups is 3. The Kier molecular flexibility index (Phi) is 2.91. The van der Waals surface area contributed by atoms with Gasteiger partial charge in [-0.05, 0) is 0 Å². The SMILES string of the molecule is CO[C@]1(CO)OC[C@@](O)(OC)[C@@H]1O. The highest BCUT2D eigenvalue weighted by Gasteiger charge is 2.59. The summed E-state index contributed by atoms with van der Waals surface area (Å²) in [5, 5.41) is 28.1. The third-order valence-corrected chi connectivity index (χ3v) is 2.29. The van der Waals surface area contributed by atoms with E-state index in [2.05, 4.69) is 4.74 Å². The summed E-state index contributed by atoms with van der Waals surface area (Å²) >= 11 is 0. The molecule has 0 spiro atoms. The lowest BCUT2D eigenvalue weighted by atomic mass is 10.1. The predicted octanol–water partition coefficient (Wildman–Crippen LogP) is -1.95. The first-order valence-corrected chi connectivity index (χ1v) is 3.80. The Morgan fingerprint density at radius 1 is 1.46 bits per heavy atom. The van der Waals surface area contributed by atoms with Gasteiger partial charge < -0.3 is 29.5 Å². The van der Waals surface area contributed by atoms with Gasteiger partial charge in [0.1, 0.15) is 13.2 Å². The van der Waals surface area contributed by atoms with Gasteiger partial charge in [0.2, 0.25) is 11.6 Å². The first-order chi connectivity index (χ1) is 6.04. The topological polar surface area (TPSA) is 88.4 Å². The Morgan fingerprint density at radius 2 is 2.08 bits per heavy atom. The lowest BCUT2D eigenvalue weighted by molar-refractivity contribution is -0.274. The van der Waals surface area contributed by atoms with Crippen LogP contribution in [-0.4, -0.2) is 60.4 Å². The van der Waals surface area contributed by atoms with Crippen LogP contribution in [0.3, 0.4) is 0 Å². The summed E-state index contributed by atoms with van der Waals surface area (Å²) < 4.78 is 14.4. The fourth-order valence-electron chi connectivity index (χ4n) is 1.26. The van der Waals surface area contributed by atoms with Crippen molar-refractivity contribution in [3.8, 4) is 0 Å². The van der Waals surface area contributed by atoms with Crippen molar-refractivity contribution in [3.05, 3.63) is 0 Å². The molecule has 6 heteroatoms. The van der Waals surface area contributed by atoms with Crippen molar-refractivity contribution in [1.29, 1.82) is 0 Å². The van der Waals surface area contributed by atoms with Gasteiger partial charge in [0, 0.05) is 14.2 Å². The molecule has 0 unspecified atom stereocenters. The molecule has 3 atom stereocenters. The Labute approximate surface area is 75.6 Å². The minimum Gasteiger partial charge on any atom is -0.391 e. The van der Waals surface area contributed by atoms with Gasteiger partial charge in [-0.2, -0.15) is 0 Å². The molecule has 1 saturated heterocycles. The maximum Gasteiger partial charge on any atom is 0.223 e. The minimum absolute atomic E-state index is 0.251. The standard InChI is InChI=1S/C7H14O6/c1-11-6(10)4-13-7(3-8,12-2)5(6)9/h5,8-10H,3-4H2,1-2H3/t5-,6+,7+/m0/s1. The van der Waals surface area contributed by atoms with Gasteiger partial charge in [-0.1, -0.05) is 0 Å². The summed E-state index contributed by atoms with van der Waals surface area (Å²) in [6.07, 6.45) is -1.44. The molecule has 0 radical (unpaired) electrons. The monoisotopic (exact) mass is 194 g/mol. The molecule has 78 valence electrons. The Bertz CT molecular complexity index is 180. The third-order valence-electron chi connectivity index (χ3n) is 2.29. The van der Waals surface area contributed by atoms with Gasteiger partial charge >= 0.3 is 0 Å². The molecule has 13 heavy (non-hydrogen) atoms. The molecule has 0 aliphatic carbocycles. The Morgan fingerprint density at radius 3 is 2.31 bits per heavy atom. The number of methoxy groups -OCH3 is 2. The molecule has 0 bridgehead atoms. The molecular weight excluding hydrogens is 180 g/mol. The highest BCUT2D eigenvalue weighted by molar-refractivity contribution is 4.96. The molecule has 1 heterocycles. The van der Waals surface area contributed by atoms with Crippen LogP contribution in [0.4, 0.5) is 0 Å². The van der Waals surface area contributed by atoms with Crippen LogP contribution < -0.4 is 0 Å². The quantitative estimate of drug-likeness (QED) is 0.452.